The van der Waals surface area contributed by atoms with Gasteiger partial charge in [0, 0.05) is 30.9 Å². The number of rotatable bonds is 3. The second kappa shape index (κ2) is 7.85. The third-order valence-corrected chi connectivity index (χ3v) is 8.18. The van der Waals surface area contributed by atoms with Crippen molar-refractivity contribution in [3.63, 3.8) is 0 Å². The first kappa shape index (κ1) is 19.8. The third kappa shape index (κ3) is 3.28. The van der Waals surface area contributed by atoms with E-state index in [2.05, 4.69) is 66.4 Å². The first-order chi connectivity index (χ1) is 14.6. The number of carbonyl (C=O) groups excluding carboxylic acids is 1. The number of nitrogens with zero attached hydrogens (tertiary/aromatic N) is 2. The van der Waals surface area contributed by atoms with Crippen molar-refractivity contribution in [2.45, 2.75) is 63.8 Å². The van der Waals surface area contributed by atoms with E-state index in [1.807, 2.05) is 4.90 Å². The van der Waals surface area contributed by atoms with Crippen LogP contribution in [0.4, 0.5) is 5.69 Å². The van der Waals surface area contributed by atoms with Gasteiger partial charge in [-0.25, -0.2) is 0 Å². The van der Waals surface area contributed by atoms with Crippen molar-refractivity contribution in [1.29, 1.82) is 0 Å². The molecule has 0 radical (unpaired) electrons. The number of benzene rings is 2. The average Bonchev–Trinajstić information content (AvgIpc) is 3.11. The van der Waals surface area contributed by atoms with Crippen LogP contribution < -0.4 is 4.90 Å². The SMILES string of the molecule is Cc1ccc(N2CCC3(CCN(C4(c5ccccc5)CCCCC4)CC3)C2=O)cc1. The fraction of sp³-hybridized carbons (Fsp3) is 0.519. The zero-order valence-corrected chi connectivity index (χ0v) is 18.3. The number of likely N-dealkylation sites (tertiary alicyclic amines) is 1. The fourth-order valence-electron chi connectivity index (χ4n) is 6.29. The fourth-order valence-corrected chi connectivity index (χ4v) is 6.29. The Morgan fingerprint density at radius 3 is 2.03 bits per heavy atom. The monoisotopic (exact) mass is 402 g/mol. The van der Waals surface area contributed by atoms with E-state index in [4.69, 9.17) is 0 Å². The highest BCUT2D eigenvalue weighted by atomic mass is 16.2. The highest BCUT2D eigenvalue weighted by Gasteiger charge is 2.51. The summed E-state index contributed by atoms with van der Waals surface area (Å²) < 4.78 is 0. The van der Waals surface area contributed by atoms with E-state index in [-0.39, 0.29) is 11.0 Å². The quantitative estimate of drug-likeness (QED) is 0.660. The van der Waals surface area contributed by atoms with Crippen molar-refractivity contribution in [2.75, 3.05) is 24.5 Å². The molecule has 1 spiro atoms. The summed E-state index contributed by atoms with van der Waals surface area (Å²) in [6.45, 7) is 5.05. The molecule has 0 unspecified atom stereocenters. The third-order valence-electron chi connectivity index (χ3n) is 8.18. The molecule has 3 heteroatoms. The van der Waals surface area contributed by atoms with Crippen molar-refractivity contribution in [2.24, 2.45) is 5.41 Å². The van der Waals surface area contributed by atoms with E-state index < -0.39 is 0 Å². The normalized spacial score (nSPS) is 23.8. The molecule has 0 aromatic heterocycles. The summed E-state index contributed by atoms with van der Waals surface area (Å²) in [5, 5.41) is 0. The van der Waals surface area contributed by atoms with Gasteiger partial charge in [-0.15, -0.1) is 0 Å². The van der Waals surface area contributed by atoms with Crippen LogP contribution in [0.3, 0.4) is 0 Å². The van der Waals surface area contributed by atoms with Crippen molar-refractivity contribution >= 4 is 11.6 Å². The van der Waals surface area contributed by atoms with Gasteiger partial charge in [-0.05, 0) is 56.7 Å². The van der Waals surface area contributed by atoms with Crippen LogP contribution in [0.5, 0.6) is 0 Å². The molecule has 3 fully saturated rings. The summed E-state index contributed by atoms with van der Waals surface area (Å²) >= 11 is 0. The Morgan fingerprint density at radius 1 is 0.733 bits per heavy atom. The summed E-state index contributed by atoms with van der Waals surface area (Å²) in [6, 6.07) is 19.6. The zero-order chi connectivity index (χ0) is 20.6. The standard InChI is InChI=1S/C27H34N2O/c1-22-10-12-24(13-11-22)29-21-18-26(25(29)30)16-19-28(20-17-26)27(14-6-3-7-15-27)23-8-4-2-5-9-23/h2,4-5,8-13H,3,6-7,14-21H2,1H3. The number of aryl methyl sites for hydroxylation is 1. The molecule has 0 N–H and O–H groups in total. The topological polar surface area (TPSA) is 23.6 Å². The summed E-state index contributed by atoms with van der Waals surface area (Å²) in [4.78, 5) is 18.3. The van der Waals surface area contributed by atoms with Gasteiger partial charge in [0.25, 0.3) is 0 Å². The molecule has 5 rings (SSSR count). The van der Waals surface area contributed by atoms with Crippen molar-refractivity contribution in [1.82, 2.24) is 4.90 Å². The number of anilines is 1. The Hall–Kier alpha value is -2.13. The van der Waals surface area contributed by atoms with Crippen LogP contribution in [-0.4, -0.2) is 30.4 Å². The lowest BCUT2D eigenvalue weighted by atomic mass is 9.71. The summed E-state index contributed by atoms with van der Waals surface area (Å²) in [5.74, 6) is 0.364. The molecule has 3 nitrogen and oxygen atoms in total. The van der Waals surface area contributed by atoms with Crippen LogP contribution in [0.2, 0.25) is 0 Å². The molecule has 3 aliphatic rings. The first-order valence-corrected chi connectivity index (χ1v) is 11.8. The van der Waals surface area contributed by atoms with Crippen LogP contribution >= 0.6 is 0 Å². The molecule has 158 valence electrons. The number of amides is 1. The van der Waals surface area contributed by atoms with E-state index in [0.717, 1.165) is 44.6 Å². The Bertz CT molecular complexity index is 875. The lowest BCUT2D eigenvalue weighted by Gasteiger charge is -2.51. The summed E-state index contributed by atoms with van der Waals surface area (Å²) in [7, 11) is 0. The number of hydrogen-bond donors (Lipinski definition) is 0. The highest BCUT2D eigenvalue weighted by Crippen LogP contribution is 2.49. The van der Waals surface area contributed by atoms with Gasteiger partial charge in [0.1, 0.15) is 0 Å². The van der Waals surface area contributed by atoms with E-state index in [1.54, 1.807) is 0 Å². The van der Waals surface area contributed by atoms with E-state index >= 15 is 0 Å². The predicted molar refractivity (Wildman–Crippen MR) is 123 cm³/mol. The van der Waals surface area contributed by atoms with Gasteiger partial charge >= 0.3 is 0 Å². The second-order valence-corrected chi connectivity index (χ2v) is 9.77. The molecule has 2 aliphatic heterocycles. The first-order valence-electron chi connectivity index (χ1n) is 11.8. The summed E-state index contributed by atoms with van der Waals surface area (Å²) in [5.41, 5.74) is 3.83. The van der Waals surface area contributed by atoms with Crippen molar-refractivity contribution in [3.05, 3.63) is 65.7 Å². The van der Waals surface area contributed by atoms with Gasteiger partial charge in [-0.3, -0.25) is 9.69 Å². The van der Waals surface area contributed by atoms with Crippen molar-refractivity contribution < 1.29 is 4.79 Å². The predicted octanol–water partition coefficient (Wildman–Crippen LogP) is 5.67. The van der Waals surface area contributed by atoms with Crippen LogP contribution in [0.25, 0.3) is 0 Å². The number of carbonyl (C=O) groups is 1. The molecule has 1 aliphatic carbocycles. The Morgan fingerprint density at radius 2 is 1.37 bits per heavy atom. The lowest BCUT2D eigenvalue weighted by Crippen LogP contribution is -2.54. The number of hydrogen-bond acceptors (Lipinski definition) is 2. The maximum absolute atomic E-state index is 13.5. The minimum atomic E-state index is -0.145. The van der Waals surface area contributed by atoms with Crippen molar-refractivity contribution in [3.8, 4) is 0 Å². The molecule has 2 saturated heterocycles. The molecule has 30 heavy (non-hydrogen) atoms. The molecule has 1 saturated carbocycles. The highest BCUT2D eigenvalue weighted by molar-refractivity contribution is 6.00. The van der Waals surface area contributed by atoms with E-state index in [1.165, 1.54) is 43.2 Å². The Balaban J connectivity index is 1.34. The maximum atomic E-state index is 13.5. The second-order valence-electron chi connectivity index (χ2n) is 9.77. The van der Waals surface area contributed by atoms with Crippen LogP contribution in [-0.2, 0) is 10.3 Å². The minimum absolute atomic E-state index is 0.145. The Labute approximate surface area is 181 Å². The number of piperidine rings is 1. The molecular weight excluding hydrogens is 368 g/mol. The van der Waals surface area contributed by atoms with Gasteiger partial charge < -0.3 is 4.90 Å². The summed E-state index contributed by atoms with van der Waals surface area (Å²) in [6.07, 6.45) is 9.52. The maximum Gasteiger partial charge on any atom is 0.233 e. The van der Waals surface area contributed by atoms with E-state index in [0.29, 0.717) is 5.91 Å². The molecule has 0 atom stereocenters. The van der Waals surface area contributed by atoms with Gasteiger partial charge in [0.15, 0.2) is 0 Å². The zero-order valence-electron chi connectivity index (χ0n) is 18.3. The molecule has 2 heterocycles. The van der Waals surface area contributed by atoms with Crippen LogP contribution in [0.1, 0.15) is 62.5 Å². The van der Waals surface area contributed by atoms with Gasteiger partial charge in [-0.2, -0.15) is 0 Å². The smallest absolute Gasteiger partial charge is 0.233 e. The van der Waals surface area contributed by atoms with Crippen LogP contribution in [0.15, 0.2) is 54.6 Å². The van der Waals surface area contributed by atoms with Gasteiger partial charge in [-0.1, -0.05) is 67.3 Å². The Kier molecular flexibility index (Phi) is 5.18. The molecule has 2 aromatic rings. The molecule has 1 amide bonds. The van der Waals surface area contributed by atoms with Gasteiger partial charge in [0.2, 0.25) is 5.91 Å². The van der Waals surface area contributed by atoms with E-state index in [9.17, 15) is 4.79 Å². The molecular formula is C27H34N2O. The average molecular weight is 403 g/mol. The van der Waals surface area contributed by atoms with Gasteiger partial charge in [0.05, 0.1) is 5.41 Å². The minimum Gasteiger partial charge on any atom is -0.312 e. The lowest BCUT2D eigenvalue weighted by molar-refractivity contribution is -0.129. The van der Waals surface area contributed by atoms with Crippen LogP contribution in [0, 0.1) is 12.3 Å². The molecule has 2 aromatic carbocycles. The molecule has 0 bridgehead atoms. The largest absolute Gasteiger partial charge is 0.312 e.